The summed E-state index contributed by atoms with van der Waals surface area (Å²) < 4.78 is 7.25. The molecule has 0 aliphatic heterocycles. The first kappa shape index (κ1) is 13.9. The van der Waals surface area contributed by atoms with Crippen LogP contribution in [-0.2, 0) is 11.5 Å². The number of aromatic nitrogens is 2. The molecule has 1 N–H and O–H groups in total. The summed E-state index contributed by atoms with van der Waals surface area (Å²) in [5.41, 5.74) is 0.726. The molecule has 0 aliphatic rings. The summed E-state index contributed by atoms with van der Waals surface area (Å²) in [6.07, 6.45) is 1.51. The number of carbonyl (C=O) groups is 1. The van der Waals surface area contributed by atoms with E-state index in [-0.39, 0.29) is 5.69 Å². The lowest BCUT2D eigenvalue weighted by Crippen LogP contribution is -2.22. The van der Waals surface area contributed by atoms with Crippen molar-refractivity contribution in [1.29, 1.82) is 0 Å². The van der Waals surface area contributed by atoms with E-state index < -0.39 is 14.0 Å². The molecule has 1 heterocycles. The Bertz CT molecular complexity index is 396. The molecule has 0 aromatic carbocycles. The molecule has 0 aliphatic carbocycles. The molecular weight excluding hydrogens is 236 g/mol. The normalized spacial score (nSPS) is 11.8. The highest BCUT2D eigenvalue weighted by atomic mass is 28.3. The first-order valence-corrected chi connectivity index (χ1v) is 9.35. The quantitative estimate of drug-likeness (QED) is 0.626. The van der Waals surface area contributed by atoms with Crippen LogP contribution in [0.3, 0.4) is 0 Å². The van der Waals surface area contributed by atoms with Gasteiger partial charge in [-0.25, -0.2) is 9.78 Å². The number of imidazole rings is 1. The summed E-state index contributed by atoms with van der Waals surface area (Å²) in [5, 5.41) is 8.85. The summed E-state index contributed by atoms with van der Waals surface area (Å²) in [6, 6.07) is 1.10. The van der Waals surface area contributed by atoms with Crippen LogP contribution in [0.5, 0.6) is 0 Å². The van der Waals surface area contributed by atoms with Crippen molar-refractivity contribution in [3.8, 4) is 0 Å². The second-order valence-corrected chi connectivity index (χ2v) is 10.9. The summed E-state index contributed by atoms with van der Waals surface area (Å²) in [7, 11) is -1.07. The standard InChI is InChI=1S/C11H20N2O3Si/c1-9-10(11(14)15)12-7-13(9)8-16-5-6-17(2,3)4/h7H,5-6,8H2,1-4H3,(H,14,15). The average Bonchev–Trinajstić information content (AvgIpc) is 2.53. The van der Waals surface area contributed by atoms with E-state index in [0.29, 0.717) is 12.4 Å². The minimum absolute atomic E-state index is 0.0961. The zero-order valence-corrected chi connectivity index (χ0v) is 11.9. The van der Waals surface area contributed by atoms with E-state index in [4.69, 9.17) is 9.84 Å². The van der Waals surface area contributed by atoms with E-state index in [1.165, 1.54) is 6.33 Å². The van der Waals surface area contributed by atoms with Gasteiger partial charge in [0.1, 0.15) is 6.73 Å². The molecule has 0 bridgehead atoms. The summed E-state index contributed by atoms with van der Waals surface area (Å²) in [6.45, 7) is 9.70. The van der Waals surface area contributed by atoms with Crippen molar-refractivity contribution in [3.63, 3.8) is 0 Å². The number of carboxylic acid groups (broad SMARTS) is 1. The van der Waals surface area contributed by atoms with Gasteiger partial charge in [-0.1, -0.05) is 19.6 Å². The number of ether oxygens (including phenoxy) is 1. The van der Waals surface area contributed by atoms with Gasteiger partial charge in [0.25, 0.3) is 0 Å². The molecular formula is C11H20N2O3Si. The van der Waals surface area contributed by atoms with Crippen molar-refractivity contribution in [2.45, 2.75) is 39.3 Å². The van der Waals surface area contributed by atoms with Crippen LogP contribution < -0.4 is 0 Å². The second-order valence-electron chi connectivity index (χ2n) is 5.30. The molecule has 1 rings (SSSR count). The van der Waals surface area contributed by atoms with Gasteiger partial charge in [0, 0.05) is 14.7 Å². The van der Waals surface area contributed by atoms with E-state index in [9.17, 15) is 4.79 Å². The fraction of sp³-hybridized carbons (Fsp3) is 0.636. The highest BCUT2D eigenvalue weighted by Gasteiger charge is 2.14. The van der Waals surface area contributed by atoms with Crippen molar-refractivity contribution >= 4 is 14.0 Å². The van der Waals surface area contributed by atoms with Crippen molar-refractivity contribution in [1.82, 2.24) is 9.55 Å². The van der Waals surface area contributed by atoms with Crippen LogP contribution in [0.15, 0.2) is 6.33 Å². The van der Waals surface area contributed by atoms with Gasteiger partial charge < -0.3 is 14.4 Å². The van der Waals surface area contributed by atoms with Crippen LogP contribution in [0.4, 0.5) is 0 Å². The molecule has 0 spiro atoms. The Balaban J connectivity index is 2.45. The minimum atomic E-state index is -1.07. The van der Waals surface area contributed by atoms with Crippen LogP contribution in [0.25, 0.3) is 0 Å². The summed E-state index contributed by atoms with van der Waals surface area (Å²) in [4.78, 5) is 14.6. The average molecular weight is 256 g/mol. The van der Waals surface area contributed by atoms with Gasteiger partial charge in [-0.05, 0) is 13.0 Å². The second kappa shape index (κ2) is 5.46. The lowest BCUT2D eigenvalue weighted by molar-refractivity contribution is 0.0687. The van der Waals surface area contributed by atoms with Crippen LogP contribution in [0.1, 0.15) is 16.2 Å². The van der Waals surface area contributed by atoms with Gasteiger partial charge >= 0.3 is 5.97 Å². The smallest absolute Gasteiger partial charge is 0.356 e. The fourth-order valence-electron chi connectivity index (χ4n) is 1.32. The highest BCUT2D eigenvalue weighted by Crippen LogP contribution is 2.09. The Morgan fingerprint density at radius 3 is 2.65 bits per heavy atom. The lowest BCUT2D eigenvalue weighted by Gasteiger charge is -2.15. The predicted octanol–water partition coefficient (Wildman–Crippen LogP) is 2.20. The Hall–Kier alpha value is -1.14. The van der Waals surface area contributed by atoms with Gasteiger partial charge in [0.05, 0.1) is 12.0 Å². The number of hydrogen-bond donors (Lipinski definition) is 1. The number of rotatable bonds is 6. The maximum Gasteiger partial charge on any atom is 0.356 e. The summed E-state index contributed by atoms with van der Waals surface area (Å²) in [5.74, 6) is -0.997. The third kappa shape index (κ3) is 4.31. The van der Waals surface area contributed by atoms with Gasteiger partial charge in [-0.2, -0.15) is 0 Å². The Labute approximate surface area is 102 Å². The number of nitrogens with zero attached hydrogens (tertiary/aromatic N) is 2. The van der Waals surface area contributed by atoms with E-state index >= 15 is 0 Å². The first-order chi connectivity index (χ1) is 7.81. The van der Waals surface area contributed by atoms with E-state index in [1.54, 1.807) is 11.5 Å². The molecule has 0 amide bonds. The molecule has 6 heteroatoms. The van der Waals surface area contributed by atoms with E-state index in [2.05, 4.69) is 24.6 Å². The number of hydrogen-bond acceptors (Lipinski definition) is 3. The Morgan fingerprint density at radius 2 is 2.18 bits per heavy atom. The van der Waals surface area contributed by atoms with Crippen LogP contribution in [0, 0.1) is 6.92 Å². The molecule has 0 radical (unpaired) electrons. The molecule has 0 unspecified atom stereocenters. The monoisotopic (exact) mass is 256 g/mol. The molecule has 17 heavy (non-hydrogen) atoms. The molecule has 0 saturated heterocycles. The largest absolute Gasteiger partial charge is 0.476 e. The molecule has 1 aromatic heterocycles. The predicted molar refractivity (Wildman–Crippen MR) is 68.0 cm³/mol. The minimum Gasteiger partial charge on any atom is -0.476 e. The van der Waals surface area contributed by atoms with E-state index in [1.807, 2.05) is 0 Å². The SMILES string of the molecule is Cc1c(C(=O)O)ncn1COCC[Si](C)(C)C. The van der Waals surface area contributed by atoms with Crippen molar-refractivity contribution < 1.29 is 14.6 Å². The van der Waals surface area contributed by atoms with Crippen LogP contribution >= 0.6 is 0 Å². The number of carboxylic acids is 1. The Morgan fingerprint density at radius 1 is 1.53 bits per heavy atom. The third-order valence-electron chi connectivity index (χ3n) is 2.53. The maximum absolute atomic E-state index is 10.8. The molecule has 0 atom stereocenters. The maximum atomic E-state index is 10.8. The van der Waals surface area contributed by atoms with Gasteiger partial charge in [-0.15, -0.1) is 0 Å². The molecule has 1 aromatic rings. The highest BCUT2D eigenvalue weighted by molar-refractivity contribution is 6.76. The zero-order chi connectivity index (χ0) is 13.1. The number of aromatic carboxylic acids is 1. The molecule has 0 fully saturated rings. The molecule has 5 nitrogen and oxygen atoms in total. The summed E-state index contributed by atoms with van der Waals surface area (Å²) >= 11 is 0. The molecule has 0 saturated carbocycles. The van der Waals surface area contributed by atoms with Gasteiger partial charge in [-0.3, -0.25) is 0 Å². The van der Waals surface area contributed by atoms with Gasteiger partial charge in [0.2, 0.25) is 0 Å². The van der Waals surface area contributed by atoms with E-state index in [0.717, 1.165) is 12.7 Å². The fourth-order valence-corrected chi connectivity index (χ4v) is 2.08. The first-order valence-electron chi connectivity index (χ1n) is 5.64. The third-order valence-corrected chi connectivity index (χ3v) is 4.23. The Kier molecular flexibility index (Phi) is 4.47. The van der Waals surface area contributed by atoms with Crippen molar-refractivity contribution in [2.24, 2.45) is 0 Å². The molecule has 96 valence electrons. The van der Waals surface area contributed by atoms with Gasteiger partial charge in [0.15, 0.2) is 5.69 Å². The zero-order valence-electron chi connectivity index (χ0n) is 10.9. The lowest BCUT2D eigenvalue weighted by atomic mass is 10.3. The van der Waals surface area contributed by atoms with Crippen molar-refractivity contribution in [3.05, 3.63) is 17.7 Å². The van der Waals surface area contributed by atoms with Crippen LogP contribution in [-0.4, -0.2) is 35.3 Å². The van der Waals surface area contributed by atoms with Crippen LogP contribution in [0.2, 0.25) is 25.7 Å². The topological polar surface area (TPSA) is 64.3 Å². The van der Waals surface area contributed by atoms with Crippen molar-refractivity contribution in [2.75, 3.05) is 6.61 Å².